The van der Waals surface area contributed by atoms with Crippen LogP contribution in [0.1, 0.15) is 35.6 Å². The second-order valence-electron chi connectivity index (χ2n) is 4.85. The van der Waals surface area contributed by atoms with Crippen molar-refractivity contribution in [1.82, 2.24) is 9.97 Å². The minimum Gasteiger partial charge on any atom is -0.351 e. The van der Waals surface area contributed by atoms with Gasteiger partial charge in [0.15, 0.2) is 0 Å². The van der Waals surface area contributed by atoms with E-state index in [1.54, 1.807) is 6.33 Å². The summed E-state index contributed by atoms with van der Waals surface area (Å²) in [5.41, 5.74) is 9.62. The Labute approximate surface area is 123 Å². The Morgan fingerprint density at radius 1 is 1.45 bits per heavy atom. The second kappa shape index (κ2) is 5.96. The molecule has 0 saturated heterocycles. The molecule has 1 aromatic heterocycles. The van der Waals surface area contributed by atoms with E-state index in [1.807, 2.05) is 18.3 Å². The average Bonchev–Trinajstić information content (AvgIpc) is 2.91. The molecule has 6 heteroatoms. The topological polar surface area (TPSA) is 83.8 Å². The average molecular weight is 293 g/mol. The van der Waals surface area contributed by atoms with Crippen LogP contribution in [0.25, 0.3) is 0 Å². The lowest BCUT2D eigenvalue weighted by molar-refractivity contribution is 0.259. The number of halogens is 1. The highest BCUT2D eigenvalue weighted by molar-refractivity contribution is 5.88. The number of benzene rings is 1. The number of nitrogens with one attached hydrogen (secondary N) is 2. The van der Waals surface area contributed by atoms with Gasteiger partial charge in [0.1, 0.15) is 0 Å². The number of hydrogen-bond acceptors (Lipinski definition) is 2. The van der Waals surface area contributed by atoms with Crippen molar-refractivity contribution in [3.63, 3.8) is 0 Å². The summed E-state index contributed by atoms with van der Waals surface area (Å²) in [5.74, 6) is 0.320. The Morgan fingerprint density at radius 2 is 2.30 bits per heavy atom. The van der Waals surface area contributed by atoms with Gasteiger partial charge in [-0.3, -0.25) is 0 Å². The van der Waals surface area contributed by atoms with Crippen molar-refractivity contribution < 1.29 is 4.79 Å². The van der Waals surface area contributed by atoms with Gasteiger partial charge in [0.2, 0.25) is 0 Å². The van der Waals surface area contributed by atoms with E-state index < -0.39 is 6.03 Å². The van der Waals surface area contributed by atoms with Crippen LogP contribution in [0.3, 0.4) is 0 Å². The zero-order valence-electron chi connectivity index (χ0n) is 10.9. The van der Waals surface area contributed by atoms with Crippen molar-refractivity contribution in [2.24, 2.45) is 5.73 Å². The lowest BCUT2D eigenvalue weighted by atomic mass is 9.81. The molecule has 0 aliphatic heterocycles. The van der Waals surface area contributed by atoms with Crippen LogP contribution in [-0.2, 0) is 6.42 Å². The highest BCUT2D eigenvalue weighted by atomic mass is 35.5. The zero-order valence-corrected chi connectivity index (χ0v) is 11.7. The van der Waals surface area contributed by atoms with Crippen LogP contribution < -0.4 is 11.1 Å². The van der Waals surface area contributed by atoms with Crippen molar-refractivity contribution in [3.8, 4) is 0 Å². The number of aryl methyl sites for hydroxylation is 1. The third kappa shape index (κ3) is 2.77. The maximum Gasteiger partial charge on any atom is 0.316 e. The van der Waals surface area contributed by atoms with E-state index >= 15 is 0 Å². The fraction of sp³-hybridized carbons (Fsp3) is 0.286. The smallest absolute Gasteiger partial charge is 0.316 e. The summed E-state index contributed by atoms with van der Waals surface area (Å²) in [5, 5.41) is 2.63. The summed E-state index contributed by atoms with van der Waals surface area (Å²) in [6.07, 6.45) is 6.91. The molecule has 0 radical (unpaired) electrons. The molecule has 0 spiro atoms. The number of H-pyrrole nitrogens is 1. The number of nitrogens with zero attached hydrogens (tertiary/aromatic N) is 1. The lowest BCUT2D eigenvalue weighted by Crippen LogP contribution is -2.20. The van der Waals surface area contributed by atoms with E-state index in [1.165, 1.54) is 17.5 Å². The molecule has 1 aromatic carbocycles. The van der Waals surface area contributed by atoms with Gasteiger partial charge in [-0.05, 0) is 42.5 Å². The van der Waals surface area contributed by atoms with Crippen LogP contribution in [0.15, 0.2) is 30.7 Å². The number of carbonyl (C=O) groups is 1. The lowest BCUT2D eigenvalue weighted by Gasteiger charge is -2.25. The molecule has 1 heterocycles. The summed E-state index contributed by atoms with van der Waals surface area (Å²) in [6.45, 7) is 0. The van der Waals surface area contributed by atoms with Crippen LogP contribution in [0.5, 0.6) is 0 Å². The molecule has 0 saturated carbocycles. The number of imidazole rings is 1. The second-order valence-corrected chi connectivity index (χ2v) is 4.85. The number of nitrogens with two attached hydrogens (primary N) is 1. The third-order valence-corrected chi connectivity index (χ3v) is 3.62. The summed E-state index contributed by atoms with van der Waals surface area (Å²) in [6, 6.07) is 5.46. The van der Waals surface area contributed by atoms with Gasteiger partial charge in [-0.25, -0.2) is 9.78 Å². The highest BCUT2D eigenvalue weighted by Crippen LogP contribution is 2.36. The summed E-state index contributed by atoms with van der Waals surface area (Å²) < 4.78 is 0. The van der Waals surface area contributed by atoms with Gasteiger partial charge in [-0.1, -0.05) is 6.07 Å². The molecular formula is C14H17ClN4O. The van der Waals surface area contributed by atoms with E-state index in [-0.39, 0.29) is 12.4 Å². The maximum atomic E-state index is 10.9. The first-order valence-corrected chi connectivity index (χ1v) is 6.41. The van der Waals surface area contributed by atoms with Crippen molar-refractivity contribution >= 4 is 24.1 Å². The molecule has 106 valence electrons. The van der Waals surface area contributed by atoms with Crippen molar-refractivity contribution in [1.29, 1.82) is 0 Å². The maximum absolute atomic E-state index is 10.9. The van der Waals surface area contributed by atoms with Crippen LogP contribution in [0.2, 0.25) is 0 Å². The summed E-state index contributed by atoms with van der Waals surface area (Å²) >= 11 is 0. The number of hydrogen-bond donors (Lipinski definition) is 3. The molecule has 3 rings (SSSR count). The number of anilines is 1. The Balaban J connectivity index is 0.00000147. The highest BCUT2D eigenvalue weighted by Gasteiger charge is 2.23. The number of aromatic nitrogens is 2. The predicted molar refractivity (Wildman–Crippen MR) is 80.3 cm³/mol. The Morgan fingerprint density at radius 3 is 3.00 bits per heavy atom. The molecule has 0 bridgehead atoms. The quantitative estimate of drug-likeness (QED) is 0.795. The van der Waals surface area contributed by atoms with Crippen LogP contribution in [0.4, 0.5) is 10.5 Å². The fourth-order valence-electron chi connectivity index (χ4n) is 2.80. The number of primary amides is 1. The standard InChI is InChI=1S/C14H16N4O.ClH/c15-14(19)18-10-5-4-9-2-1-3-11(12(9)6-10)13-7-16-8-17-13;/h4-8,11H,1-3H2,(H,16,17)(H3,15,18,19);1H. The number of rotatable bonds is 2. The zero-order chi connectivity index (χ0) is 13.2. The van der Waals surface area contributed by atoms with Crippen molar-refractivity contribution in [2.75, 3.05) is 5.32 Å². The normalized spacial score (nSPS) is 16.9. The molecule has 1 atom stereocenters. The molecule has 5 nitrogen and oxygen atoms in total. The Kier molecular flexibility index (Phi) is 4.29. The minimum absolute atomic E-state index is 0. The van der Waals surface area contributed by atoms with E-state index in [0.717, 1.165) is 24.2 Å². The first-order valence-electron chi connectivity index (χ1n) is 6.41. The van der Waals surface area contributed by atoms with Crippen LogP contribution >= 0.6 is 12.4 Å². The summed E-state index contributed by atoms with van der Waals surface area (Å²) in [7, 11) is 0. The monoisotopic (exact) mass is 292 g/mol. The predicted octanol–water partition coefficient (Wildman–Crippen LogP) is 2.79. The number of amides is 2. The molecule has 1 aliphatic carbocycles. The van der Waals surface area contributed by atoms with Crippen LogP contribution in [-0.4, -0.2) is 16.0 Å². The molecule has 2 amide bonds. The number of fused-ring (bicyclic) bond motifs is 1. The molecule has 1 unspecified atom stereocenters. The van der Waals surface area contributed by atoms with Gasteiger partial charge >= 0.3 is 6.03 Å². The van der Waals surface area contributed by atoms with E-state index in [4.69, 9.17) is 5.73 Å². The molecule has 1 aliphatic rings. The first kappa shape index (κ1) is 14.4. The molecule has 2 aromatic rings. The first-order chi connectivity index (χ1) is 9.24. The fourth-order valence-corrected chi connectivity index (χ4v) is 2.80. The largest absolute Gasteiger partial charge is 0.351 e. The molecule has 0 fully saturated rings. The van der Waals surface area contributed by atoms with Crippen molar-refractivity contribution in [2.45, 2.75) is 25.2 Å². The van der Waals surface area contributed by atoms with Crippen molar-refractivity contribution in [3.05, 3.63) is 47.5 Å². The minimum atomic E-state index is -0.533. The van der Waals surface area contributed by atoms with Gasteiger partial charge in [0.05, 0.1) is 6.33 Å². The molecular weight excluding hydrogens is 276 g/mol. The Hall–Kier alpha value is -2.01. The van der Waals surface area contributed by atoms with E-state index in [0.29, 0.717) is 5.92 Å². The SMILES string of the molecule is Cl.NC(=O)Nc1ccc2c(c1)C(c1cnc[nH]1)CCC2. The van der Waals surface area contributed by atoms with Gasteiger partial charge < -0.3 is 16.0 Å². The number of urea groups is 1. The van der Waals surface area contributed by atoms with Gasteiger partial charge in [-0.15, -0.1) is 12.4 Å². The number of carbonyl (C=O) groups excluding carboxylic acids is 1. The number of aromatic amines is 1. The van der Waals surface area contributed by atoms with Gasteiger partial charge in [0, 0.05) is 23.5 Å². The molecule has 4 N–H and O–H groups in total. The Bertz CT molecular complexity index is 597. The van der Waals surface area contributed by atoms with Gasteiger partial charge in [0.25, 0.3) is 0 Å². The molecule has 20 heavy (non-hydrogen) atoms. The van der Waals surface area contributed by atoms with Crippen LogP contribution in [0, 0.1) is 0 Å². The van der Waals surface area contributed by atoms with E-state index in [2.05, 4.69) is 21.4 Å². The summed E-state index contributed by atoms with van der Waals surface area (Å²) in [4.78, 5) is 18.2. The third-order valence-electron chi connectivity index (χ3n) is 3.62. The van der Waals surface area contributed by atoms with Gasteiger partial charge in [-0.2, -0.15) is 0 Å². The van der Waals surface area contributed by atoms with E-state index in [9.17, 15) is 4.79 Å².